The first-order valence-corrected chi connectivity index (χ1v) is 7.49. The Balaban J connectivity index is 2.10. The van der Waals surface area contributed by atoms with E-state index >= 15 is 0 Å². The van der Waals surface area contributed by atoms with Gasteiger partial charge in [0.15, 0.2) is 0 Å². The lowest BCUT2D eigenvalue weighted by Gasteiger charge is -2.21. The van der Waals surface area contributed by atoms with Crippen LogP contribution in [0.15, 0.2) is 22.7 Å². The third kappa shape index (κ3) is 3.70. The first kappa shape index (κ1) is 13.4. The van der Waals surface area contributed by atoms with E-state index < -0.39 is 0 Å². The Kier molecular flexibility index (Phi) is 4.89. The van der Waals surface area contributed by atoms with Crippen LogP contribution in [0.2, 0.25) is 5.02 Å². The van der Waals surface area contributed by atoms with Gasteiger partial charge in [-0.1, -0.05) is 53.2 Å². The molecule has 1 aliphatic carbocycles. The maximum atomic E-state index is 6.11. The van der Waals surface area contributed by atoms with Crippen LogP contribution in [0.3, 0.4) is 0 Å². The van der Waals surface area contributed by atoms with Crippen molar-refractivity contribution in [3.63, 3.8) is 0 Å². The molecule has 1 atom stereocenters. The van der Waals surface area contributed by atoms with E-state index in [-0.39, 0.29) is 0 Å². The average molecular weight is 317 g/mol. The van der Waals surface area contributed by atoms with Crippen molar-refractivity contribution in [1.29, 1.82) is 0 Å². The molecule has 17 heavy (non-hydrogen) atoms. The summed E-state index contributed by atoms with van der Waals surface area (Å²) in [6, 6.07) is 6.60. The van der Waals surface area contributed by atoms with Gasteiger partial charge in [-0.05, 0) is 43.1 Å². The molecule has 1 N–H and O–H groups in total. The molecule has 0 aromatic heterocycles. The van der Waals surface area contributed by atoms with Crippen molar-refractivity contribution in [3.05, 3.63) is 33.3 Å². The quantitative estimate of drug-likeness (QED) is 0.829. The van der Waals surface area contributed by atoms with Gasteiger partial charge in [-0.15, -0.1) is 0 Å². The standard InChI is InChI=1S/C14H19BrClN/c1-17-14(6-10-4-2-3-5-10)11-7-12(15)9-13(16)8-11/h7-10,14,17H,2-6H2,1H3. The molecule has 1 aliphatic rings. The lowest BCUT2D eigenvalue weighted by molar-refractivity contribution is 0.413. The van der Waals surface area contributed by atoms with E-state index in [0.717, 1.165) is 15.4 Å². The van der Waals surface area contributed by atoms with Gasteiger partial charge in [-0.25, -0.2) is 0 Å². The third-order valence-corrected chi connectivity index (χ3v) is 4.36. The van der Waals surface area contributed by atoms with E-state index in [1.807, 2.05) is 13.1 Å². The first-order chi connectivity index (χ1) is 8.19. The van der Waals surface area contributed by atoms with Crippen molar-refractivity contribution in [2.75, 3.05) is 7.05 Å². The van der Waals surface area contributed by atoms with E-state index in [0.29, 0.717) is 6.04 Å². The predicted molar refractivity (Wildman–Crippen MR) is 77.5 cm³/mol. The van der Waals surface area contributed by atoms with Crippen LogP contribution in [0.25, 0.3) is 0 Å². The van der Waals surface area contributed by atoms with E-state index in [4.69, 9.17) is 11.6 Å². The molecule has 0 radical (unpaired) electrons. The van der Waals surface area contributed by atoms with Crippen LogP contribution in [0, 0.1) is 5.92 Å². The Morgan fingerprint density at radius 1 is 1.35 bits per heavy atom. The third-order valence-electron chi connectivity index (χ3n) is 3.68. The molecule has 0 bridgehead atoms. The first-order valence-electron chi connectivity index (χ1n) is 6.32. The largest absolute Gasteiger partial charge is 0.313 e. The smallest absolute Gasteiger partial charge is 0.0420 e. The highest BCUT2D eigenvalue weighted by molar-refractivity contribution is 9.10. The van der Waals surface area contributed by atoms with Gasteiger partial charge >= 0.3 is 0 Å². The summed E-state index contributed by atoms with van der Waals surface area (Å²) in [4.78, 5) is 0. The molecule has 0 aliphatic heterocycles. The zero-order chi connectivity index (χ0) is 12.3. The Bertz CT molecular complexity index is 354. The SMILES string of the molecule is CNC(CC1CCCC1)c1cc(Cl)cc(Br)c1. The molecular formula is C14H19BrClN. The number of hydrogen-bond donors (Lipinski definition) is 1. The second-order valence-electron chi connectivity index (χ2n) is 4.93. The van der Waals surface area contributed by atoms with Crippen molar-refractivity contribution in [3.8, 4) is 0 Å². The fraction of sp³-hybridized carbons (Fsp3) is 0.571. The van der Waals surface area contributed by atoms with Crippen LogP contribution in [0.4, 0.5) is 0 Å². The lowest BCUT2D eigenvalue weighted by Crippen LogP contribution is -2.19. The summed E-state index contributed by atoms with van der Waals surface area (Å²) in [5.74, 6) is 0.880. The van der Waals surface area contributed by atoms with Crippen LogP contribution < -0.4 is 5.32 Å². The molecule has 1 unspecified atom stereocenters. The van der Waals surface area contributed by atoms with E-state index in [1.165, 1.54) is 37.7 Å². The highest BCUT2D eigenvalue weighted by Crippen LogP contribution is 2.34. The maximum Gasteiger partial charge on any atom is 0.0420 e. The van der Waals surface area contributed by atoms with Gasteiger partial charge in [-0.3, -0.25) is 0 Å². The van der Waals surface area contributed by atoms with Gasteiger partial charge in [0, 0.05) is 15.5 Å². The van der Waals surface area contributed by atoms with Gasteiger partial charge in [0.2, 0.25) is 0 Å². The average Bonchev–Trinajstić information content (AvgIpc) is 2.77. The summed E-state index contributed by atoms with van der Waals surface area (Å²) in [5.41, 5.74) is 1.29. The van der Waals surface area contributed by atoms with Crippen LogP contribution in [-0.4, -0.2) is 7.05 Å². The molecule has 1 aromatic rings. The summed E-state index contributed by atoms with van der Waals surface area (Å²) in [6.07, 6.45) is 6.81. The summed E-state index contributed by atoms with van der Waals surface area (Å²) in [6.45, 7) is 0. The fourth-order valence-electron chi connectivity index (χ4n) is 2.78. The van der Waals surface area contributed by atoms with Gasteiger partial charge in [0.25, 0.3) is 0 Å². The monoisotopic (exact) mass is 315 g/mol. The zero-order valence-electron chi connectivity index (χ0n) is 10.2. The highest BCUT2D eigenvalue weighted by Gasteiger charge is 2.20. The fourth-order valence-corrected chi connectivity index (χ4v) is 3.66. The summed E-state index contributed by atoms with van der Waals surface area (Å²) >= 11 is 9.62. The van der Waals surface area contributed by atoms with Gasteiger partial charge in [-0.2, -0.15) is 0 Å². The topological polar surface area (TPSA) is 12.0 Å². The van der Waals surface area contributed by atoms with E-state index in [1.54, 1.807) is 0 Å². The minimum absolute atomic E-state index is 0.424. The Morgan fingerprint density at radius 2 is 2.06 bits per heavy atom. The zero-order valence-corrected chi connectivity index (χ0v) is 12.5. The van der Waals surface area contributed by atoms with E-state index in [2.05, 4.69) is 33.4 Å². The molecule has 0 heterocycles. The highest BCUT2D eigenvalue weighted by atomic mass is 79.9. The minimum atomic E-state index is 0.424. The summed E-state index contributed by atoms with van der Waals surface area (Å²) in [7, 11) is 2.04. The van der Waals surface area contributed by atoms with Crippen LogP contribution >= 0.6 is 27.5 Å². The van der Waals surface area contributed by atoms with Gasteiger partial charge < -0.3 is 5.32 Å². The van der Waals surface area contributed by atoms with Gasteiger partial charge in [0.1, 0.15) is 0 Å². The number of halogens is 2. The molecule has 0 spiro atoms. The molecule has 94 valence electrons. The second kappa shape index (κ2) is 6.21. The van der Waals surface area contributed by atoms with Crippen LogP contribution in [0.1, 0.15) is 43.7 Å². The molecule has 1 aromatic carbocycles. The minimum Gasteiger partial charge on any atom is -0.313 e. The van der Waals surface area contributed by atoms with Crippen molar-refractivity contribution in [1.82, 2.24) is 5.32 Å². The van der Waals surface area contributed by atoms with Crippen LogP contribution in [0.5, 0.6) is 0 Å². The number of rotatable bonds is 4. The number of benzene rings is 1. The molecule has 1 fully saturated rings. The van der Waals surface area contributed by atoms with Gasteiger partial charge in [0.05, 0.1) is 0 Å². The summed E-state index contributed by atoms with van der Waals surface area (Å²) < 4.78 is 1.06. The second-order valence-corrected chi connectivity index (χ2v) is 6.28. The molecule has 3 heteroatoms. The molecule has 1 nitrogen and oxygen atoms in total. The summed E-state index contributed by atoms with van der Waals surface area (Å²) in [5, 5.41) is 4.23. The Hall–Kier alpha value is -0.0500. The molecule has 0 amide bonds. The molecule has 2 rings (SSSR count). The van der Waals surface area contributed by atoms with Crippen molar-refractivity contribution in [2.24, 2.45) is 5.92 Å². The van der Waals surface area contributed by atoms with Crippen molar-refractivity contribution in [2.45, 2.75) is 38.1 Å². The Morgan fingerprint density at radius 3 is 2.65 bits per heavy atom. The molecule has 1 saturated carbocycles. The molecular weight excluding hydrogens is 298 g/mol. The molecule has 0 saturated heterocycles. The number of nitrogens with one attached hydrogen (secondary N) is 1. The maximum absolute atomic E-state index is 6.11. The van der Waals surface area contributed by atoms with Crippen LogP contribution in [-0.2, 0) is 0 Å². The van der Waals surface area contributed by atoms with Crippen molar-refractivity contribution < 1.29 is 0 Å². The number of hydrogen-bond acceptors (Lipinski definition) is 1. The normalized spacial score (nSPS) is 18.5. The predicted octanol–water partition coefficient (Wildman–Crippen LogP) is 4.94. The Labute approximate surface area is 117 Å². The lowest BCUT2D eigenvalue weighted by atomic mass is 9.94. The van der Waals surface area contributed by atoms with Crippen molar-refractivity contribution >= 4 is 27.5 Å². The van der Waals surface area contributed by atoms with E-state index in [9.17, 15) is 0 Å².